The molecule has 0 unspecified atom stereocenters. The summed E-state index contributed by atoms with van der Waals surface area (Å²) in [5.74, 6) is 0.998. The van der Waals surface area contributed by atoms with Gasteiger partial charge in [0, 0.05) is 20.3 Å². The van der Waals surface area contributed by atoms with Crippen molar-refractivity contribution in [1.29, 1.82) is 0 Å². The van der Waals surface area contributed by atoms with E-state index in [4.69, 9.17) is 0 Å². The van der Waals surface area contributed by atoms with E-state index in [9.17, 15) is 0 Å². The molecule has 0 fully saturated rings. The van der Waals surface area contributed by atoms with Crippen LogP contribution in [0.1, 0.15) is 0 Å². The van der Waals surface area contributed by atoms with Crippen molar-refractivity contribution >= 4 is 0 Å². The number of hydrogen-bond donors (Lipinski definition) is 1. The quantitative estimate of drug-likeness (QED) is 0.514. The van der Waals surface area contributed by atoms with Gasteiger partial charge in [0.2, 0.25) is 0 Å². The van der Waals surface area contributed by atoms with E-state index in [0.717, 1.165) is 5.82 Å². The molecule has 2 heteroatoms. The van der Waals surface area contributed by atoms with Crippen LogP contribution in [0.25, 0.3) is 0 Å². The zero-order valence-electron chi connectivity index (χ0n) is 5.68. The van der Waals surface area contributed by atoms with Crippen LogP contribution >= 0.6 is 0 Å². The molecule has 0 radical (unpaired) electrons. The molecule has 9 heavy (non-hydrogen) atoms. The molecule has 1 heterocycles. The van der Waals surface area contributed by atoms with Gasteiger partial charge in [0.25, 0.3) is 0 Å². The fourth-order valence-corrected chi connectivity index (χ4v) is 0.602. The molecular formula is C7H10N2. The normalized spacial score (nSPS) is 14.7. The number of rotatable bonds is 1. The summed E-state index contributed by atoms with van der Waals surface area (Å²) in [6.07, 6.45) is 5.67. The van der Waals surface area contributed by atoms with E-state index in [1.807, 2.05) is 37.3 Å². The van der Waals surface area contributed by atoms with E-state index in [1.165, 1.54) is 0 Å². The van der Waals surface area contributed by atoms with E-state index in [1.54, 1.807) is 0 Å². The van der Waals surface area contributed by atoms with Gasteiger partial charge in [0.15, 0.2) is 0 Å². The van der Waals surface area contributed by atoms with Crippen LogP contribution in [-0.4, -0.2) is 19.0 Å². The predicted molar refractivity (Wildman–Crippen MR) is 37.6 cm³/mol. The lowest BCUT2D eigenvalue weighted by Gasteiger charge is -2.14. The Labute approximate surface area is 55.2 Å². The van der Waals surface area contributed by atoms with Crippen LogP contribution in [0.2, 0.25) is 0 Å². The molecule has 48 valence electrons. The van der Waals surface area contributed by atoms with Crippen LogP contribution in [0.3, 0.4) is 0 Å². The lowest BCUT2D eigenvalue weighted by molar-refractivity contribution is 0.483. The largest absolute Gasteiger partial charge is 0.358 e. The van der Waals surface area contributed by atoms with Crippen LogP contribution < -0.4 is 5.32 Å². The highest BCUT2D eigenvalue weighted by atomic mass is 15.2. The molecule has 1 aliphatic heterocycles. The van der Waals surface area contributed by atoms with Crippen LogP contribution in [0.5, 0.6) is 0 Å². The smallest absolute Gasteiger partial charge is 0.150 e. The standard InChI is InChI=1S/C7H10N2/c1-9(2)7-5-3-4-6-8-7/h3-4,6,8H,1-2H3. The Bertz CT molecular complexity index is 183. The second kappa shape index (κ2) is 2.42. The maximum Gasteiger partial charge on any atom is 0.150 e. The van der Waals surface area contributed by atoms with Gasteiger partial charge in [0.05, 0.1) is 0 Å². The monoisotopic (exact) mass is 122 g/mol. The van der Waals surface area contributed by atoms with Gasteiger partial charge in [-0.1, -0.05) is 5.73 Å². The summed E-state index contributed by atoms with van der Waals surface area (Å²) >= 11 is 0. The average molecular weight is 122 g/mol. The number of allylic oxidation sites excluding steroid dienone is 2. The Hall–Kier alpha value is -1.14. The highest BCUT2D eigenvalue weighted by Crippen LogP contribution is 1.93. The van der Waals surface area contributed by atoms with Crippen molar-refractivity contribution < 1.29 is 0 Å². The first kappa shape index (κ1) is 5.99. The number of hydrogen-bond acceptors (Lipinski definition) is 2. The van der Waals surface area contributed by atoms with Gasteiger partial charge in [0.1, 0.15) is 5.82 Å². The molecule has 0 aromatic carbocycles. The molecule has 0 saturated carbocycles. The maximum absolute atomic E-state index is 3.04. The molecule has 0 spiro atoms. The van der Waals surface area contributed by atoms with Crippen molar-refractivity contribution in [2.75, 3.05) is 14.1 Å². The Kier molecular flexibility index (Phi) is 1.61. The van der Waals surface area contributed by atoms with E-state index < -0.39 is 0 Å². The second-order valence-corrected chi connectivity index (χ2v) is 2.06. The van der Waals surface area contributed by atoms with Crippen molar-refractivity contribution in [3.05, 3.63) is 29.9 Å². The van der Waals surface area contributed by atoms with Gasteiger partial charge >= 0.3 is 0 Å². The van der Waals surface area contributed by atoms with Gasteiger partial charge in [-0.25, -0.2) is 0 Å². The topological polar surface area (TPSA) is 15.3 Å². The zero-order chi connectivity index (χ0) is 6.69. The minimum Gasteiger partial charge on any atom is -0.358 e. The third kappa shape index (κ3) is 1.37. The Balaban J connectivity index is 2.73. The molecule has 0 saturated heterocycles. The van der Waals surface area contributed by atoms with E-state index in [0.29, 0.717) is 0 Å². The van der Waals surface area contributed by atoms with Gasteiger partial charge in [-0.15, -0.1) is 0 Å². The lowest BCUT2D eigenvalue weighted by Crippen LogP contribution is -2.21. The van der Waals surface area contributed by atoms with Crippen LogP contribution in [0.4, 0.5) is 0 Å². The van der Waals surface area contributed by atoms with Gasteiger partial charge in [-0.2, -0.15) is 0 Å². The molecule has 0 amide bonds. The minimum absolute atomic E-state index is 0.998. The highest BCUT2D eigenvalue weighted by molar-refractivity contribution is 5.13. The van der Waals surface area contributed by atoms with Crippen LogP contribution in [0.15, 0.2) is 29.9 Å². The van der Waals surface area contributed by atoms with E-state index in [-0.39, 0.29) is 0 Å². The molecule has 2 nitrogen and oxygen atoms in total. The summed E-state index contributed by atoms with van der Waals surface area (Å²) in [5, 5.41) is 3.04. The molecule has 0 aromatic rings. The van der Waals surface area contributed by atoms with Crippen molar-refractivity contribution in [3.8, 4) is 0 Å². The molecule has 0 aliphatic carbocycles. The zero-order valence-corrected chi connectivity index (χ0v) is 5.68. The van der Waals surface area contributed by atoms with E-state index in [2.05, 4.69) is 11.0 Å². The van der Waals surface area contributed by atoms with Crippen molar-refractivity contribution in [2.24, 2.45) is 0 Å². The summed E-state index contributed by atoms with van der Waals surface area (Å²) in [7, 11) is 3.95. The molecule has 1 aliphatic rings. The Morgan fingerprint density at radius 2 is 2.33 bits per heavy atom. The first-order chi connectivity index (χ1) is 4.30. The maximum atomic E-state index is 3.04. The van der Waals surface area contributed by atoms with Crippen molar-refractivity contribution in [3.63, 3.8) is 0 Å². The third-order valence-electron chi connectivity index (χ3n) is 1.08. The molecular weight excluding hydrogens is 112 g/mol. The van der Waals surface area contributed by atoms with Gasteiger partial charge < -0.3 is 10.2 Å². The molecule has 0 aromatic heterocycles. The second-order valence-electron chi connectivity index (χ2n) is 2.06. The first-order valence-electron chi connectivity index (χ1n) is 2.86. The Morgan fingerprint density at radius 3 is 2.67 bits per heavy atom. The van der Waals surface area contributed by atoms with Crippen molar-refractivity contribution in [2.45, 2.75) is 0 Å². The van der Waals surface area contributed by atoms with Gasteiger partial charge in [-0.05, 0) is 12.2 Å². The summed E-state index contributed by atoms with van der Waals surface area (Å²) in [5.41, 5.74) is 3.04. The fourth-order valence-electron chi connectivity index (χ4n) is 0.602. The number of nitrogens with zero attached hydrogens (tertiary/aromatic N) is 1. The summed E-state index contributed by atoms with van der Waals surface area (Å²) in [6, 6.07) is 0. The number of nitrogens with one attached hydrogen (secondary N) is 1. The Morgan fingerprint density at radius 1 is 1.56 bits per heavy atom. The molecule has 1 rings (SSSR count). The SMILES string of the molecule is CN(C)C1=C=CC=CN1. The molecule has 0 bridgehead atoms. The first-order valence-corrected chi connectivity index (χ1v) is 2.86. The predicted octanol–water partition coefficient (Wildman–Crippen LogP) is 0.661. The average Bonchev–Trinajstić information content (AvgIpc) is 1.90. The highest BCUT2D eigenvalue weighted by Gasteiger charge is 1.93. The fraction of sp³-hybridized carbons (Fsp3) is 0.286. The lowest BCUT2D eigenvalue weighted by atomic mass is 10.4. The molecule has 1 N–H and O–H groups in total. The summed E-state index contributed by atoms with van der Waals surface area (Å²) in [4.78, 5) is 1.97. The molecule has 0 atom stereocenters. The van der Waals surface area contributed by atoms with Crippen molar-refractivity contribution in [1.82, 2.24) is 10.2 Å². The summed E-state index contributed by atoms with van der Waals surface area (Å²) in [6.45, 7) is 0. The summed E-state index contributed by atoms with van der Waals surface area (Å²) < 4.78 is 0. The van der Waals surface area contributed by atoms with Crippen LogP contribution in [0, 0.1) is 0 Å². The minimum atomic E-state index is 0.998. The third-order valence-corrected chi connectivity index (χ3v) is 1.08. The van der Waals surface area contributed by atoms with Crippen LogP contribution in [-0.2, 0) is 0 Å². The van der Waals surface area contributed by atoms with Gasteiger partial charge in [-0.3, -0.25) is 0 Å². The van der Waals surface area contributed by atoms with E-state index >= 15 is 0 Å².